The Morgan fingerprint density at radius 2 is 0.750 bits per heavy atom. The Labute approximate surface area is 228 Å². The van der Waals surface area contributed by atoms with Crippen LogP contribution in [0.25, 0.3) is 0 Å². The van der Waals surface area contributed by atoms with Crippen LogP contribution in [0, 0.1) is 0 Å². The van der Waals surface area contributed by atoms with Gasteiger partial charge in [-0.05, 0) is 34.6 Å². The van der Waals surface area contributed by atoms with Gasteiger partial charge in [-0.2, -0.15) is 0 Å². The molecule has 40 heavy (non-hydrogen) atoms. The van der Waals surface area contributed by atoms with Gasteiger partial charge in [-0.1, -0.05) is 32.9 Å². The predicted molar refractivity (Wildman–Crippen MR) is 131 cm³/mol. The van der Waals surface area contributed by atoms with Crippen molar-refractivity contribution in [3.05, 3.63) is 60.8 Å². The number of carbonyl (C=O) groups excluding carboxylic acids is 5. The van der Waals surface area contributed by atoms with E-state index in [1.165, 1.54) is 0 Å². The molecular weight excluding hydrogens is 540 g/mol. The highest BCUT2D eigenvalue weighted by Crippen LogP contribution is 2.45. The number of hydrogen-bond acceptors (Lipinski definition) is 15. The van der Waals surface area contributed by atoms with Crippen molar-refractivity contribution in [1.29, 1.82) is 0 Å². The highest BCUT2D eigenvalue weighted by Gasteiger charge is 2.82. The van der Waals surface area contributed by atoms with Crippen LogP contribution < -0.4 is 0 Å². The molecule has 0 amide bonds. The van der Waals surface area contributed by atoms with Gasteiger partial charge in [-0.25, -0.2) is 24.0 Å². The lowest BCUT2D eigenvalue weighted by Gasteiger charge is -2.50. The van der Waals surface area contributed by atoms with Gasteiger partial charge >= 0.3 is 53.2 Å². The Kier molecular flexibility index (Phi) is 11.5. The molecule has 0 aliphatic heterocycles. The molecule has 0 saturated carbocycles. The molecule has 3 atom stereocenters. The number of esters is 5. The van der Waals surface area contributed by atoms with Gasteiger partial charge in [0.05, 0.1) is 0 Å². The minimum absolute atomic E-state index is 0.513. The summed E-state index contributed by atoms with van der Waals surface area (Å²) in [6.07, 6.45) is 0. The molecule has 0 aromatic rings. The van der Waals surface area contributed by atoms with Gasteiger partial charge in [0.2, 0.25) is 0 Å². The monoisotopic (exact) mass is 572 g/mol. The number of aliphatic hydroxyl groups excluding tert-OH is 1. The molecule has 15 nitrogen and oxygen atoms in total. The molecule has 0 aliphatic carbocycles. The third kappa shape index (κ3) is 7.28. The first-order valence-corrected chi connectivity index (χ1v) is 10.9. The maximum absolute atomic E-state index is 12.6. The SMILES string of the molecule is C=C(C)C(=O)OC(O)(OC(=O)C(=C)C)[C@@](O)(OC(=O)C(=C)C)[C@](O)(OC(=O)C(=C)C)[C@@](O)(CO)OC(=O)C(=C)C. The first kappa shape index (κ1) is 35.9. The molecule has 0 aromatic heterocycles. The molecule has 0 aliphatic rings. The van der Waals surface area contributed by atoms with Crippen LogP contribution in [0.1, 0.15) is 34.6 Å². The van der Waals surface area contributed by atoms with Crippen LogP contribution in [0.3, 0.4) is 0 Å². The van der Waals surface area contributed by atoms with E-state index in [0.717, 1.165) is 34.6 Å². The van der Waals surface area contributed by atoms with Crippen LogP contribution >= 0.6 is 0 Å². The lowest BCUT2D eigenvalue weighted by atomic mass is 9.92. The molecule has 0 aromatic carbocycles. The Bertz CT molecular complexity index is 1140. The van der Waals surface area contributed by atoms with E-state index in [9.17, 15) is 49.5 Å². The summed E-state index contributed by atoms with van der Waals surface area (Å²) in [5, 5.41) is 55.8. The van der Waals surface area contributed by atoms with Crippen LogP contribution in [0.15, 0.2) is 60.8 Å². The maximum Gasteiger partial charge on any atom is 0.451 e. The van der Waals surface area contributed by atoms with Gasteiger partial charge in [-0.15, -0.1) is 0 Å². The van der Waals surface area contributed by atoms with Crippen molar-refractivity contribution >= 4 is 29.8 Å². The summed E-state index contributed by atoms with van der Waals surface area (Å²) in [6.45, 7) is 18.9. The highest BCUT2D eigenvalue weighted by molar-refractivity contribution is 5.91. The van der Waals surface area contributed by atoms with E-state index >= 15 is 0 Å². The van der Waals surface area contributed by atoms with Crippen molar-refractivity contribution in [1.82, 2.24) is 0 Å². The third-order valence-corrected chi connectivity index (χ3v) is 4.58. The van der Waals surface area contributed by atoms with E-state index in [4.69, 9.17) is 0 Å². The summed E-state index contributed by atoms with van der Waals surface area (Å²) in [5.41, 5.74) is -2.88. The lowest BCUT2D eigenvalue weighted by molar-refractivity contribution is -0.535. The Hall–Kier alpha value is -4.15. The minimum atomic E-state index is -4.75. The number of rotatable bonds is 14. The van der Waals surface area contributed by atoms with E-state index in [2.05, 4.69) is 56.6 Å². The zero-order valence-corrected chi connectivity index (χ0v) is 22.6. The summed E-state index contributed by atoms with van der Waals surface area (Å²) in [4.78, 5) is 62.4. The summed E-state index contributed by atoms with van der Waals surface area (Å²) in [7, 11) is 0. The number of carbonyl (C=O) groups is 5. The van der Waals surface area contributed by atoms with E-state index in [0.29, 0.717) is 0 Å². The van der Waals surface area contributed by atoms with Gasteiger partial charge in [-0.3, -0.25) is 0 Å². The van der Waals surface area contributed by atoms with Crippen molar-refractivity contribution in [3.63, 3.8) is 0 Å². The largest absolute Gasteiger partial charge is 0.451 e. The van der Waals surface area contributed by atoms with Crippen molar-refractivity contribution in [2.45, 2.75) is 58.0 Å². The molecule has 0 saturated heterocycles. The fraction of sp³-hybridized carbons (Fsp3) is 0.400. The smallest absolute Gasteiger partial charge is 0.420 e. The zero-order chi connectivity index (χ0) is 32.0. The summed E-state index contributed by atoms with van der Waals surface area (Å²) >= 11 is 0. The van der Waals surface area contributed by atoms with E-state index < -0.39 is 87.7 Å². The Morgan fingerprint density at radius 1 is 0.500 bits per heavy atom. The molecule has 222 valence electrons. The molecule has 0 spiro atoms. The average Bonchev–Trinajstić information content (AvgIpc) is 2.82. The summed E-state index contributed by atoms with van der Waals surface area (Å²) < 4.78 is 23.1. The van der Waals surface area contributed by atoms with Crippen molar-refractivity contribution < 1.29 is 73.2 Å². The quantitative estimate of drug-likeness (QED) is 0.0748. The van der Waals surface area contributed by atoms with E-state index in [-0.39, 0.29) is 0 Å². The average molecular weight is 573 g/mol. The summed E-state index contributed by atoms with van der Waals surface area (Å²) in [6, 6.07) is 0. The second-order valence-electron chi connectivity index (χ2n) is 8.66. The van der Waals surface area contributed by atoms with E-state index in [1.807, 2.05) is 0 Å². The Morgan fingerprint density at radius 3 is 1.02 bits per heavy atom. The second-order valence-corrected chi connectivity index (χ2v) is 8.66. The second kappa shape index (κ2) is 12.8. The van der Waals surface area contributed by atoms with Gasteiger partial charge in [0.15, 0.2) is 0 Å². The molecule has 0 rings (SSSR count). The van der Waals surface area contributed by atoms with Crippen molar-refractivity contribution in [2.24, 2.45) is 0 Å². The van der Waals surface area contributed by atoms with Gasteiger partial charge in [0, 0.05) is 27.9 Å². The summed E-state index contributed by atoms with van der Waals surface area (Å²) in [5.74, 6) is -26.7. The predicted octanol–water partition coefficient (Wildman–Crippen LogP) is -0.713. The molecule has 15 heteroatoms. The van der Waals surface area contributed by atoms with Crippen LogP contribution in [-0.2, 0) is 47.7 Å². The first-order chi connectivity index (χ1) is 17.9. The zero-order valence-electron chi connectivity index (χ0n) is 22.6. The van der Waals surface area contributed by atoms with Crippen LogP contribution in [0.5, 0.6) is 0 Å². The minimum Gasteiger partial charge on any atom is -0.420 e. The topological polar surface area (TPSA) is 233 Å². The lowest BCUT2D eigenvalue weighted by Crippen LogP contribution is -2.81. The normalized spacial score (nSPS) is 15.4. The molecule has 0 unspecified atom stereocenters. The number of hydrogen-bond donors (Lipinski definition) is 5. The molecule has 0 bridgehead atoms. The molecule has 0 radical (unpaired) electrons. The molecule has 0 heterocycles. The van der Waals surface area contributed by atoms with Gasteiger partial charge in [0.25, 0.3) is 0 Å². The van der Waals surface area contributed by atoms with Crippen molar-refractivity contribution in [3.8, 4) is 0 Å². The molecular formula is C25H32O15. The highest BCUT2D eigenvalue weighted by atomic mass is 16.9. The standard InChI is InChI=1S/C25H32O15/c1-12(2)17(27)36-22(32,11-26)23(33,37-18(28)13(3)4)24(34,38-19(29)14(5)6)25(35,39-20(30)15(7)8)40-21(31)16(9)10/h26,32-35H,1,3,5,7,9,11H2,2,4,6,8,10H3/t22-,23-,24+/m1/s1. The van der Waals surface area contributed by atoms with Crippen LogP contribution in [0.2, 0.25) is 0 Å². The maximum atomic E-state index is 12.6. The van der Waals surface area contributed by atoms with E-state index in [1.54, 1.807) is 0 Å². The van der Waals surface area contributed by atoms with Crippen molar-refractivity contribution in [2.75, 3.05) is 6.61 Å². The van der Waals surface area contributed by atoms with Gasteiger partial charge in [0.1, 0.15) is 6.61 Å². The van der Waals surface area contributed by atoms with Crippen LogP contribution in [-0.4, -0.2) is 85.3 Å². The fourth-order valence-corrected chi connectivity index (χ4v) is 2.24. The molecule has 0 fully saturated rings. The molecule has 5 N–H and O–H groups in total. The number of aliphatic hydroxyl groups is 5. The third-order valence-electron chi connectivity index (χ3n) is 4.58. The number of ether oxygens (including phenoxy) is 5. The fourth-order valence-electron chi connectivity index (χ4n) is 2.24. The van der Waals surface area contributed by atoms with Gasteiger partial charge < -0.3 is 49.2 Å². The Balaban J connectivity index is 8.08. The van der Waals surface area contributed by atoms with Crippen LogP contribution in [0.4, 0.5) is 0 Å². The first-order valence-electron chi connectivity index (χ1n) is 10.9.